The monoisotopic (exact) mass is 159 g/mol. The molecule has 1 saturated heterocycles. The van der Waals surface area contributed by atoms with Crippen molar-refractivity contribution < 1.29 is 0 Å². The lowest BCUT2D eigenvalue weighted by Gasteiger charge is -2.34. The molecule has 0 saturated carbocycles. The summed E-state index contributed by atoms with van der Waals surface area (Å²) in [7, 11) is 0. The lowest BCUT2D eigenvalue weighted by atomic mass is 10.2. The SMILES string of the molecule is CCCC1(C)NCCCS1. The Hall–Kier alpha value is 0.310. The molecule has 1 unspecified atom stereocenters. The first-order chi connectivity index (χ1) is 4.77. The second-order valence-electron chi connectivity index (χ2n) is 3.11. The summed E-state index contributed by atoms with van der Waals surface area (Å²) < 4.78 is 0. The zero-order chi connectivity index (χ0) is 7.45. The van der Waals surface area contributed by atoms with Crippen LogP contribution in [-0.2, 0) is 0 Å². The molecule has 1 nitrogen and oxygen atoms in total. The van der Waals surface area contributed by atoms with Crippen LogP contribution in [0.15, 0.2) is 0 Å². The first kappa shape index (κ1) is 8.41. The van der Waals surface area contributed by atoms with Gasteiger partial charge in [-0.15, -0.1) is 11.8 Å². The Bertz CT molecular complexity index is 91.9. The van der Waals surface area contributed by atoms with E-state index in [0.717, 1.165) is 0 Å². The molecule has 1 heterocycles. The van der Waals surface area contributed by atoms with E-state index in [0.29, 0.717) is 4.87 Å². The van der Waals surface area contributed by atoms with Crippen molar-refractivity contribution in [2.45, 2.75) is 38.0 Å². The van der Waals surface area contributed by atoms with Crippen LogP contribution < -0.4 is 5.32 Å². The maximum Gasteiger partial charge on any atom is 0.0616 e. The van der Waals surface area contributed by atoms with Crippen LogP contribution in [0.4, 0.5) is 0 Å². The fraction of sp³-hybridized carbons (Fsp3) is 1.00. The molecule has 0 amide bonds. The van der Waals surface area contributed by atoms with Crippen molar-refractivity contribution in [3.8, 4) is 0 Å². The van der Waals surface area contributed by atoms with E-state index < -0.39 is 0 Å². The third-order valence-corrected chi connectivity index (χ3v) is 3.45. The van der Waals surface area contributed by atoms with Gasteiger partial charge in [0, 0.05) is 0 Å². The van der Waals surface area contributed by atoms with Crippen molar-refractivity contribution in [1.82, 2.24) is 5.32 Å². The fourth-order valence-electron chi connectivity index (χ4n) is 1.41. The van der Waals surface area contributed by atoms with Gasteiger partial charge in [0.25, 0.3) is 0 Å². The van der Waals surface area contributed by atoms with Crippen LogP contribution in [-0.4, -0.2) is 17.2 Å². The van der Waals surface area contributed by atoms with Gasteiger partial charge in [0.15, 0.2) is 0 Å². The number of hydrogen-bond acceptors (Lipinski definition) is 2. The Morgan fingerprint density at radius 2 is 2.40 bits per heavy atom. The summed E-state index contributed by atoms with van der Waals surface area (Å²) >= 11 is 2.08. The molecular weight excluding hydrogens is 142 g/mol. The molecule has 0 aliphatic carbocycles. The predicted octanol–water partition coefficient (Wildman–Crippen LogP) is 2.23. The summed E-state index contributed by atoms with van der Waals surface area (Å²) in [5.74, 6) is 1.34. The molecule has 1 fully saturated rings. The Balaban J connectivity index is 2.32. The fourth-order valence-corrected chi connectivity index (χ4v) is 2.70. The quantitative estimate of drug-likeness (QED) is 0.663. The van der Waals surface area contributed by atoms with Gasteiger partial charge in [-0.3, -0.25) is 0 Å². The molecular formula is C8H17NS. The van der Waals surface area contributed by atoms with Gasteiger partial charge in [0.1, 0.15) is 0 Å². The van der Waals surface area contributed by atoms with Crippen LogP contribution in [0.2, 0.25) is 0 Å². The molecule has 1 N–H and O–H groups in total. The summed E-state index contributed by atoms with van der Waals surface area (Å²) in [5.41, 5.74) is 0. The zero-order valence-electron chi connectivity index (χ0n) is 6.94. The van der Waals surface area contributed by atoms with Crippen LogP contribution in [0.1, 0.15) is 33.1 Å². The maximum absolute atomic E-state index is 3.56. The van der Waals surface area contributed by atoms with E-state index in [2.05, 4.69) is 30.9 Å². The molecule has 1 rings (SSSR count). The normalized spacial score (nSPS) is 34.2. The second-order valence-corrected chi connectivity index (χ2v) is 4.71. The lowest BCUT2D eigenvalue weighted by Crippen LogP contribution is -2.43. The topological polar surface area (TPSA) is 12.0 Å². The molecule has 0 aromatic carbocycles. The van der Waals surface area contributed by atoms with Crippen molar-refractivity contribution in [2.75, 3.05) is 12.3 Å². The number of rotatable bonds is 2. The minimum absolute atomic E-state index is 0.396. The van der Waals surface area contributed by atoms with E-state index in [1.165, 1.54) is 31.6 Å². The molecule has 0 spiro atoms. The minimum atomic E-state index is 0.396. The van der Waals surface area contributed by atoms with Crippen LogP contribution >= 0.6 is 11.8 Å². The van der Waals surface area contributed by atoms with Gasteiger partial charge in [0.2, 0.25) is 0 Å². The Labute approximate surface area is 68.0 Å². The van der Waals surface area contributed by atoms with Gasteiger partial charge < -0.3 is 5.32 Å². The van der Waals surface area contributed by atoms with Gasteiger partial charge in [-0.05, 0) is 32.1 Å². The highest BCUT2D eigenvalue weighted by Crippen LogP contribution is 2.30. The molecule has 0 radical (unpaired) electrons. The summed E-state index contributed by atoms with van der Waals surface area (Å²) in [5, 5.41) is 3.56. The molecule has 1 aliphatic rings. The number of thioether (sulfide) groups is 1. The summed E-state index contributed by atoms with van der Waals surface area (Å²) in [6.45, 7) is 5.78. The highest BCUT2D eigenvalue weighted by molar-refractivity contribution is 8.00. The molecule has 60 valence electrons. The number of hydrogen-bond donors (Lipinski definition) is 1. The van der Waals surface area contributed by atoms with E-state index >= 15 is 0 Å². The molecule has 0 aromatic rings. The Morgan fingerprint density at radius 1 is 1.60 bits per heavy atom. The van der Waals surface area contributed by atoms with Crippen molar-refractivity contribution in [1.29, 1.82) is 0 Å². The maximum atomic E-state index is 3.56. The minimum Gasteiger partial charge on any atom is -0.303 e. The highest BCUT2D eigenvalue weighted by Gasteiger charge is 2.24. The van der Waals surface area contributed by atoms with Crippen molar-refractivity contribution in [3.05, 3.63) is 0 Å². The van der Waals surface area contributed by atoms with Crippen molar-refractivity contribution >= 4 is 11.8 Å². The standard InChI is InChI=1S/C8H17NS/c1-3-5-8(2)9-6-4-7-10-8/h9H,3-7H2,1-2H3. The van der Waals surface area contributed by atoms with Gasteiger partial charge in [-0.2, -0.15) is 0 Å². The Kier molecular flexibility index (Phi) is 3.05. The van der Waals surface area contributed by atoms with Crippen molar-refractivity contribution in [3.63, 3.8) is 0 Å². The van der Waals surface area contributed by atoms with Crippen LogP contribution in [0.25, 0.3) is 0 Å². The lowest BCUT2D eigenvalue weighted by molar-refractivity contribution is 0.452. The second kappa shape index (κ2) is 3.63. The van der Waals surface area contributed by atoms with Crippen LogP contribution in [0, 0.1) is 0 Å². The Morgan fingerprint density at radius 3 is 2.90 bits per heavy atom. The van der Waals surface area contributed by atoms with Crippen LogP contribution in [0.5, 0.6) is 0 Å². The molecule has 10 heavy (non-hydrogen) atoms. The van der Waals surface area contributed by atoms with E-state index in [1.807, 2.05) is 0 Å². The van der Waals surface area contributed by atoms with Crippen LogP contribution in [0.3, 0.4) is 0 Å². The first-order valence-corrected chi connectivity index (χ1v) is 5.14. The third-order valence-electron chi connectivity index (χ3n) is 1.97. The molecule has 0 bridgehead atoms. The highest BCUT2D eigenvalue weighted by atomic mass is 32.2. The molecule has 1 atom stereocenters. The first-order valence-electron chi connectivity index (χ1n) is 4.16. The average molecular weight is 159 g/mol. The zero-order valence-corrected chi connectivity index (χ0v) is 7.76. The van der Waals surface area contributed by atoms with Gasteiger partial charge >= 0.3 is 0 Å². The van der Waals surface area contributed by atoms with E-state index in [4.69, 9.17) is 0 Å². The third kappa shape index (κ3) is 2.17. The summed E-state index contributed by atoms with van der Waals surface area (Å²) in [6, 6.07) is 0. The predicted molar refractivity (Wildman–Crippen MR) is 48.4 cm³/mol. The smallest absolute Gasteiger partial charge is 0.0616 e. The molecule has 2 heteroatoms. The molecule has 1 aliphatic heterocycles. The number of nitrogens with one attached hydrogen (secondary N) is 1. The van der Waals surface area contributed by atoms with Gasteiger partial charge in [-0.25, -0.2) is 0 Å². The molecule has 0 aromatic heterocycles. The van der Waals surface area contributed by atoms with Gasteiger partial charge in [-0.1, -0.05) is 13.3 Å². The van der Waals surface area contributed by atoms with E-state index in [1.54, 1.807) is 0 Å². The van der Waals surface area contributed by atoms with E-state index in [-0.39, 0.29) is 0 Å². The largest absolute Gasteiger partial charge is 0.303 e. The average Bonchev–Trinajstić information content (AvgIpc) is 1.89. The summed E-state index contributed by atoms with van der Waals surface area (Å²) in [4.78, 5) is 0.396. The van der Waals surface area contributed by atoms with E-state index in [9.17, 15) is 0 Å². The summed E-state index contributed by atoms with van der Waals surface area (Å²) in [6.07, 6.45) is 3.93. The van der Waals surface area contributed by atoms with Crippen molar-refractivity contribution in [2.24, 2.45) is 0 Å². The van der Waals surface area contributed by atoms with Gasteiger partial charge in [0.05, 0.1) is 4.87 Å².